The van der Waals surface area contributed by atoms with Crippen LogP contribution in [0.5, 0.6) is 0 Å². The number of carbonyl (C=O) groups excluding carboxylic acids is 2. The molecule has 2 saturated heterocycles. The molecule has 10 atom stereocenters. The molecule has 13 heteroatoms. The van der Waals surface area contributed by atoms with E-state index in [1.165, 1.54) is 7.05 Å². The molecule has 0 saturated carbocycles. The minimum atomic E-state index is -1.81. The largest absolute Gasteiger partial charge is 1.00 e. The van der Waals surface area contributed by atoms with Crippen LogP contribution in [0.1, 0.15) is 34.6 Å². The van der Waals surface area contributed by atoms with E-state index in [0.717, 1.165) is 0 Å². The third-order valence-electron chi connectivity index (χ3n) is 5.44. The molecule has 0 bridgehead atoms. The summed E-state index contributed by atoms with van der Waals surface area (Å²) in [4.78, 5) is 24.0. The van der Waals surface area contributed by atoms with E-state index < -0.39 is 84.6 Å². The van der Waals surface area contributed by atoms with Crippen LogP contribution in [0.3, 0.4) is 0 Å². The number of nitrogens with one attached hydrogen (secondary N) is 1. The summed E-state index contributed by atoms with van der Waals surface area (Å²) in [6.45, 7) is 8.45. The van der Waals surface area contributed by atoms with Crippen molar-refractivity contribution in [1.29, 1.82) is 0 Å². The molecule has 2 aliphatic heterocycles. The van der Waals surface area contributed by atoms with Gasteiger partial charge in [0, 0.05) is 7.05 Å². The number of carbonyl (C=O) groups is 2. The zero-order valence-corrected chi connectivity index (χ0v) is 22.0. The Morgan fingerprint density at radius 1 is 0.939 bits per heavy atom. The van der Waals surface area contributed by atoms with Crippen molar-refractivity contribution >= 4 is 11.9 Å². The van der Waals surface area contributed by atoms with E-state index in [1.807, 2.05) is 0 Å². The molecule has 2 aliphatic rings. The third kappa shape index (κ3) is 6.85. The molecule has 0 aliphatic carbocycles. The standard InChI is InChI=1S/C20H35NO11.Na/c1-7(2)29-13-9(23)11(25)19(32-15(13)18(27)28)31-12-8(22)10(24)16(20(3,4)5)30-14(12)17(26)21-6;/h7-16,19,22-25H,1-6H3,(H,21,26)(H,27,28);/q;+1/p-1/t8?,9?,10-,11-,12+,13+,14?,15?,16+,19+;/m1./s1. The number of aliphatic carboxylic acids is 1. The average Bonchev–Trinajstić information content (AvgIpc) is 2.68. The second-order valence-corrected chi connectivity index (χ2v) is 9.41. The van der Waals surface area contributed by atoms with Crippen LogP contribution in [0, 0.1) is 5.41 Å². The van der Waals surface area contributed by atoms with Crippen molar-refractivity contribution < 1.29 is 83.6 Å². The molecule has 33 heavy (non-hydrogen) atoms. The SMILES string of the molecule is CNC(=O)C1O[C@H](C(C)(C)C)[C@H](O)C(O)[C@@H]1O[C@H]1OC(C(=O)[O-])[C@@H](OC(C)C)C(O)[C@H]1O.[Na+]. The summed E-state index contributed by atoms with van der Waals surface area (Å²) < 4.78 is 22.0. The van der Waals surface area contributed by atoms with E-state index >= 15 is 0 Å². The van der Waals surface area contributed by atoms with Crippen molar-refractivity contribution in [2.24, 2.45) is 5.41 Å². The Morgan fingerprint density at radius 2 is 1.48 bits per heavy atom. The molecular weight excluding hydrogens is 453 g/mol. The number of hydrogen-bond donors (Lipinski definition) is 5. The Morgan fingerprint density at radius 3 is 1.94 bits per heavy atom. The second kappa shape index (κ2) is 12.0. The van der Waals surface area contributed by atoms with Crippen molar-refractivity contribution in [1.82, 2.24) is 5.32 Å². The fraction of sp³-hybridized carbons (Fsp3) is 0.900. The molecule has 0 aromatic carbocycles. The molecule has 12 nitrogen and oxygen atoms in total. The Kier molecular flexibility index (Phi) is 11.2. The van der Waals surface area contributed by atoms with E-state index in [2.05, 4.69) is 5.32 Å². The van der Waals surface area contributed by atoms with Gasteiger partial charge in [0.15, 0.2) is 12.4 Å². The number of hydrogen-bond acceptors (Lipinski definition) is 11. The van der Waals surface area contributed by atoms with Crippen molar-refractivity contribution in [3.05, 3.63) is 0 Å². The van der Waals surface area contributed by atoms with Crippen LogP contribution in [-0.4, -0.2) is 107 Å². The summed E-state index contributed by atoms with van der Waals surface area (Å²) in [6, 6.07) is 0. The molecule has 0 radical (unpaired) electrons. The van der Waals surface area contributed by atoms with Gasteiger partial charge in [0.05, 0.1) is 18.2 Å². The van der Waals surface area contributed by atoms with Gasteiger partial charge in [-0.3, -0.25) is 4.79 Å². The number of carboxylic acid groups (broad SMARTS) is 1. The summed E-state index contributed by atoms with van der Waals surface area (Å²) in [5, 5.41) is 56.2. The number of rotatable bonds is 6. The van der Waals surface area contributed by atoms with Gasteiger partial charge in [0.25, 0.3) is 5.91 Å². The van der Waals surface area contributed by atoms with E-state index in [4.69, 9.17) is 18.9 Å². The van der Waals surface area contributed by atoms with E-state index in [9.17, 15) is 35.1 Å². The molecule has 0 aromatic heterocycles. The number of likely N-dealkylation sites (N-methyl/N-ethyl adjacent to an activating group) is 1. The molecule has 186 valence electrons. The maximum Gasteiger partial charge on any atom is 1.00 e. The first kappa shape index (κ1) is 30.7. The first-order valence-corrected chi connectivity index (χ1v) is 10.5. The molecule has 0 spiro atoms. The van der Waals surface area contributed by atoms with E-state index in [0.29, 0.717) is 0 Å². The Hall–Kier alpha value is -0.380. The van der Waals surface area contributed by atoms with Crippen LogP contribution in [-0.2, 0) is 28.5 Å². The van der Waals surface area contributed by atoms with Gasteiger partial charge in [-0.2, -0.15) is 0 Å². The number of aliphatic hydroxyl groups excluding tert-OH is 4. The molecule has 2 rings (SSSR count). The summed E-state index contributed by atoms with van der Waals surface area (Å²) >= 11 is 0. The molecule has 0 aromatic rings. The van der Waals surface area contributed by atoms with Gasteiger partial charge in [-0.25, -0.2) is 0 Å². The van der Waals surface area contributed by atoms with Crippen LogP contribution in [0.15, 0.2) is 0 Å². The summed E-state index contributed by atoms with van der Waals surface area (Å²) in [5.41, 5.74) is -0.657. The topological polar surface area (TPSA) is 187 Å². The van der Waals surface area contributed by atoms with Crippen LogP contribution in [0.2, 0.25) is 0 Å². The minimum absolute atomic E-state index is 0. The molecule has 1 amide bonds. The van der Waals surface area contributed by atoms with Crippen molar-refractivity contribution in [3.63, 3.8) is 0 Å². The summed E-state index contributed by atoms with van der Waals surface area (Å²) in [5.74, 6) is -2.40. The van der Waals surface area contributed by atoms with Gasteiger partial charge >= 0.3 is 29.6 Å². The molecule has 5 N–H and O–H groups in total. The fourth-order valence-corrected chi connectivity index (χ4v) is 3.85. The predicted octanol–water partition coefficient (Wildman–Crippen LogP) is -6.35. The third-order valence-corrected chi connectivity index (χ3v) is 5.44. The number of ether oxygens (including phenoxy) is 4. The van der Waals surface area contributed by atoms with Crippen LogP contribution in [0.4, 0.5) is 0 Å². The zero-order valence-electron chi connectivity index (χ0n) is 20.0. The monoisotopic (exact) mass is 487 g/mol. The van der Waals surface area contributed by atoms with Crippen molar-refractivity contribution in [2.75, 3.05) is 7.05 Å². The summed E-state index contributed by atoms with van der Waals surface area (Å²) in [7, 11) is 1.34. The van der Waals surface area contributed by atoms with Gasteiger partial charge in [-0.05, 0) is 19.3 Å². The number of aliphatic hydroxyl groups is 4. The predicted molar refractivity (Wildman–Crippen MR) is 105 cm³/mol. The maximum absolute atomic E-state index is 12.4. The van der Waals surface area contributed by atoms with E-state index in [-0.39, 0.29) is 29.6 Å². The van der Waals surface area contributed by atoms with Gasteiger partial charge in [0.2, 0.25) is 0 Å². The van der Waals surface area contributed by atoms with Crippen molar-refractivity contribution in [2.45, 2.75) is 102 Å². The Bertz CT molecular complexity index is 673. The molecule has 2 heterocycles. The molecule has 4 unspecified atom stereocenters. The number of amides is 1. The maximum atomic E-state index is 12.4. The van der Waals surface area contributed by atoms with Crippen molar-refractivity contribution in [3.8, 4) is 0 Å². The van der Waals surface area contributed by atoms with Crippen LogP contribution in [0.25, 0.3) is 0 Å². The zero-order chi connectivity index (χ0) is 24.5. The minimum Gasteiger partial charge on any atom is -0.547 e. The van der Waals surface area contributed by atoms with Gasteiger partial charge in [-0.1, -0.05) is 20.8 Å². The quantitative estimate of drug-likeness (QED) is 0.224. The summed E-state index contributed by atoms with van der Waals surface area (Å²) in [6.07, 6.45) is -16.2. The van der Waals surface area contributed by atoms with Crippen LogP contribution >= 0.6 is 0 Å². The smallest absolute Gasteiger partial charge is 0.547 e. The van der Waals surface area contributed by atoms with Gasteiger partial charge < -0.3 is 54.6 Å². The fourth-order valence-electron chi connectivity index (χ4n) is 3.85. The Labute approximate surface area is 214 Å². The first-order valence-electron chi connectivity index (χ1n) is 10.5. The first-order chi connectivity index (χ1) is 14.7. The van der Waals surface area contributed by atoms with E-state index in [1.54, 1.807) is 34.6 Å². The average molecular weight is 487 g/mol. The molecular formula is C20H34NNaO11. The van der Waals surface area contributed by atoms with Gasteiger partial charge in [0.1, 0.15) is 42.7 Å². The van der Waals surface area contributed by atoms with Gasteiger partial charge in [-0.15, -0.1) is 0 Å². The normalized spacial score (nSPS) is 39.6. The number of carboxylic acids is 1. The Balaban J connectivity index is 0.00000544. The second-order valence-electron chi connectivity index (χ2n) is 9.41. The molecule has 2 fully saturated rings. The van der Waals surface area contributed by atoms with Crippen LogP contribution < -0.4 is 40.0 Å².